The highest BCUT2D eigenvalue weighted by atomic mass is 32.1. The fourth-order valence-corrected chi connectivity index (χ4v) is 5.17. The summed E-state index contributed by atoms with van der Waals surface area (Å²) in [5.41, 5.74) is 4.79. The first-order valence-corrected chi connectivity index (χ1v) is 11.0. The van der Waals surface area contributed by atoms with Crippen molar-refractivity contribution in [1.29, 1.82) is 0 Å². The lowest BCUT2D eigenvalue weighted by atomic mass is 9.97. The quantitative estimate of drug-likeness (QED) is 0.438. The number of carbonyl (C=O) groups excluding carboxylic acids is 1. The van der Waals surface area contributed by atoms with E-state index >= 15 is 0 Å². The first kappa shape index (κ1) is 18.8. The zero-order valence-electron chi connectivity index (χ0n) is 16.7. The van der Waals surface area contributed by atoms with Gasteiger partial charge in [-0.1, -0.05) is 24.3 Å². The number of aromatic nitrogens is 2. The third-order valence-corrected chi connectivity index (χ3v) is 6.74. The van der Waals surface area contributed by atoms with Crippen molar-refractivity contribution < 1.29 is 4.79 Å². The van der Waals surface area contributed by atoms with Gasteiger partial charge in [0.1, 0.15) is 17.0 Å². The Labute approximate surface area is 179 Å². The Bertz CT molecular complexity index is 1230. The Hall–Kier alpha value is -3.25. The Morgan fingerprint density at radius 2 is 1.87 bits per heavy atom. The Balaban J connectivity index is 1.46. The van der Waals surface area contributed by atoms with Crippen molar-refractivity contribution in [2.45, 2.75) is 32.6 Å². The fraction of sp³-hybridized carbons (Fsp3) is 0.208. The SMILES string of the molecule is Cc1ccc(NC(=O)c2ccccc2)cc1Nc1ncnc2sc3c(c12)CCCC3. The van der Waals surface area contributed by atoms with Crippen molar-refractivity contribution >= 4 is 44.7 Å². The van der Waals surface area contributed by atoms with Crippen molar-refractivity contribution in [3.05, 3.63) is 76.4 Å². The number of hydrogen-bond donors (Lipinski definition) is 2. The molecule has 0 atom stereocenters. The van der Waals surface area contributed by atoms with E-state index in [0.29, 0.717) is 5.56 Å². The number of fused-ring (bicyclic) bond motifs is 3. The van der Waals surface area contributed by atoms with Crippen molar-refractivity contribution in [2.24, 2.45) is 0 Å². The van der Waals surface area contributed by atoms with E-state index in [9.17, 15) is 4.79 Å². The number of amides is 1. The summed E-state index contributed by atoms with van der Waals surface area (Å²) in [6.07, 6.45) is 6.31. The van der Waals surface area contributed by atoms with Crippen LogP contribution in [0.1, 0.15) is 39.2 Å². The molecule has 6 heteroatoms. The molecule has 0 radical (unpaired) electrons. The van der Waals surface area contributed by atoms with E-state index in [1.54, 1.807) is 29.8 Å². The van der Waals surface area contributed by atoms with Crippen LogP contribution >= 0.6 is 11.3 Å². The van der Waals surface area contributed by atoms with Gasteiger partial charge in [-0.25, -0.2) is 9.97 Å². The van der Waals surface area contributed by atoms with Crippen LogP contribution in [-0.2, 0) is 12.8 Å². The number of hydrogen-bond acceptors (Lipinski definition) is 5. The van der Waals surface area contributed by atoms with Crippen molar-refractivity contribution in [2.75, 3.05) is 10.6 Å². The predicted molar refractivity (Wildman–Crippen MR) is 123 cm³/mol. The van der Waals surface area contributed by atoms with Gasteiger partial charge in [0.05, 0.1) is 5.39 Å². The van der Waals surface area contributed by atoms with Gasteiger partial charge in [-0.2, -0.15) is 0 Å². The first-order valence-electron chi connectivity index (χ1n) is 10.2. The van der Waals surface area contributed by atoms with E-state index < -0.39 is 0 Å². The summed E-state index contributed by atoms with van der Waals surface area (Å²) in [5.74, 6) is 0.718. The highest BCUT2D eigenvalue weighted by Crippen LogP contribution is 2.39. The summed E-state index contributed by atoms with van der Waals surface area (Å²) in [5, 5.41) is 7.64. The summed E-state index contributed by atoms with van der Waals surface area (Å²) < 4.78 is 0. The molecule has 2 heterocycles. The van der Waals surface area contributed by atoms with Gasteiger partial charge >= 0.3 is 0 Å². The molecule has 0 spiro atoms. The zero-order valence-corrected chi connectivity index (χ0v) is 17.6. The second-order valence-corrected chi connectivity index (χ2v) is 8.67. The number of nitrogens with one attached hydrogen (secondary N) is 2. The highest BCUT2D eigenvalue weighted by molar-refractivity contribution is 7.19. The summed E-state index contributed by atoms with van der Waals surface area (Å²) in [7, 11) is 0. The maximum absolute atomic E-state index is 12.5. The van der Waals surface area contributed by atoms with Crippen LogP contribution in [0.15, 0.2) is 54.9 Å². The molecule has 0 saturated carbocycles. The molecule has 1 aliphatic rings. The number of rotatable bonds is 4. The van der Waals surface area contributed by atoms with E-state index in [2.05, 4.69) is 20.6 Å². The van der Waals surface area contributed by atoms with Gasteiger partial charge in [0.25, 0.3) is 5.91 Å². The Morgan fingerprint density at radius 3 is 2.73 bits per heavy atom. The van der Waals surface area contributed by atoms with Gasteiger partial charge < -0.3 is 10.6 Å². The van der Waals surface area contributed by atoms with Crippen molar-refractivity contribution in [1.82, 2.24) is 9.97 Å². The molecule has 2 aromatic heterocycles. The molecule has 30 heavy (non-hydrogen) atoms. The van der Waals surface area contributed by atoms with E-state index in [1.165, 1.54) is 23.3 Å². The van der Waals surface area contributed by atoms with Crippen LogP contribution in [-0.4, -0.2) is 15.9 Å². The Kier molecular flexibility index (Phi) is 4.93. The molecule has 0 bridgehead atoms. The molecule has 5 rings (SSSR count). The van der Waals surface area contributed by atoms with Crippen LogP contribution in [0, 0.1) is 6.92 Å². The number of benzene rings is 2. The van der Waals surface area contributed by atoms with E-state index in [0.717, 1.165) is 45.8 Å². The lowest BCUT2D eigenvalue weighted by molar-refractivity contribution is 0.102. The van der Waals surface area contributed by atoms with Crippen LogP contribution in [0.2, 0.25) is 0 Å². The van der Waals surface area contributed by atoms with Crippen LogP contribution in [0.25, 0.3) is 10.2 Å². The minimum absolute atomic E-state index is 0.123. The smallest absolute Gasteiger partial charge is 0.255 e. The molecule has 0 saturated heterocycles. The third kappa shape index (κ3) is 3.55. The topological polar surface area (TPSA) is 66.9 Å². The molecule has 2 N–H and O–H groups in total. The van der Waals surface area contributed by atoms with E-state index in [-0.39, 0.29) is 5.91 Å². The van der Waals surface area contributed by atoms with Crippen LogP contribution in [0.4, 0.5) is 17.2 Å². The molecule has 4 aromatic rings. The predicted octanol–water partition coefficient (Wildman–Crippen LogP) is 5.87. The normalized spacial score (nSPS) is 13.1. The molecule has 5 nitrogen and oxygen atoms in total. The summed E-state index contributed by atoms with van der Waals surface area (Å²) in [6, 6.07) is 15.1. The molecule has 0 fully saturated rings. The average molecular weight is 415 g/mol. The summed E-state index contributed by atoms with van der Waals surface area (Å²) >= 11 is 1.79. The fourth-order valence-electron chi connectivity index (χ4n) is 3.94. The van der Waals surface area contributed by atoms with Gasteiger partial charge in [-0.15, -0.1) is 11.3 Å². The first-order chi connectivity index (χ1) is 14.7. The molecular formula is C24H22N4OS. The standard InChI is InChI=1S/C24H22N4OS/c1-15-11-12-17(27-23(29)16-7-3-2-4-8-16)13-19(15)28-22-21-18-9-5-6-10-20(18)30-24(21)26-14-25-22/h2-4,7-8,11-14H,5-6,9-10H2,1H3,(H,27,29)(H,25,26,28). The number of nitrogens with zero attached hydrogens (tertiary/aromatic N) is 2. The largest absolute Gasteiger partial charge is 0.339 e. The minimum Gasteiger partial charge on any atom is -0.339 e. The third-order valence-electron chi connectivity index (χ3n) is 5.54. The average Bonchev–Trinajstić information content (AvgIpc) is 3.16. The van der Waals surface area contributed by atoms with Crippen LogP contribution in [0.3, 0.4) is 0 Å². The van der Waals surface area contributed by atoms with Crippen molar-refractivity contribution in [3.8, 4) is 0 Å². The minimum atomic E-state index is -0.123. The zero-order chi connectivity index (χ0) is 20.5. The monoisotopic (exact) mass is 414 g/mol. The Morgan fingerprint density at radius 1 is 1.03 bits per heavy atom. The second kappa shape index (κ2) is 7.88. The van der Waals surface area contributed by atoms with Gasteiger partial charge in [-0.3, -0.25) is 4.79 Å². The summed E-state index contributed by atoms with van der Waals surface area (Å²) in [4.78, 5) is 24.1. The molecule has 150 valence electrons. The molecule has 0 aliphatic heterocycles. The lowest BCUT2D eigenvalue weighted by Crippen LogP contribution is -2.12. The highest BCUT2D eigenvalue weighted by Gasteiger charge is 2.20. The lowest BCUT2D eigenvalue weighted by Gasteiger charge is -2.14. The number of thiophene rings is 1. The molecular weight excluding hydrogens is 392 g/mol. The summed E-state index contributed by atoms with van der Waals surface area (Å²) in [6.45, 7) is 2.05. The van der Waals surface area contributed by atoms with E-state index in [4.69, 9.17) is 0 Å². The van der Waals surface area contributed by atoms with Gasteiger partial charge in [0, 0.05) is 21.8 Å². The van der Waals surface area contributed by atoms with E-state index in [1.807, 2.05) is 43.3 Å². The number of anilines is 3. The van der Waals surface area contributed by atoms with Crippen LogP contribution in [0.5, 0.6) is 0 Å². The number of carbonyl (C=O) groups is 1. The molecule has 2 aromatic carbocycles. The van der Waals surface area contributed by atoms with Gasteiger partial charge in [0.2, 0.25) is 0 Å². The number of aryl methyl sites for hydroxylation is 3. The second-order valence-electron chi connectivity index (χ2n) is 7.59. The van der Waals surface area contributed by atoms with Crippen LogP contribution < -0.4 is 10.6 Å². The van der Waals surface area contributed by atoms with Gasteiger partial charge in [-0.05, 0) is 68.0 Å². The maximum Gasteiger partial charge on any atom is 0.255 e. The molecule has 0 unspecified atom stereocenters. The van der Waals surface area contributed by atoms with Crippen molar-refractivity contribution in [3.63, 3.8) is 0 Å². The maximum atomic E-state index is 12.5. The van der Waals surface area contributed by atoms with Gasteiger partial charge in [0.15, 0.2) is 0 Å². The molecule has 1 aliphatic carbocycles. The molecule has 1 amide bonds.